The normalized spacial score (nSPS) is 11.2. The molecule has 0 radical (unpaired) electrons. The molecule has 0 saturated heterocycles. The summed E-state index contributed by atoms with van der Waals surface area (Å²) in [6, 6.07) is 12.4. The van der Waals surface area contributed by atoms with Crippen molar-refractivity contribution in [3.05, 3.63) is 65.8 Å². The molecule has 5 nitrogen and oxygen atoms in total. The number of benzene rings is 1. The van der Waals surface area contributed by atoms with Crippen LogP contribution in [0.4, 0.5) is 5.69 Å². The summed E-state index contributed by atoms with van der Waals surface area (Å²) in [5.74, 6) is 0.794. The molecule has 0 aliphatic heterocycles. The molecule has 2 N–H and O–H groups in total. The van der Waals surface area contributed by atoms with E-state index in [1.54, 1.807) is 0 Å². The summed E-state index contributed by atoms with van der Waals surface area (Å²) in [7, 11) is 0. The Morgan fingerprint density at radius 3 is 2.67 bits per heavy atom. The second-order valence-corrected chi connectivity index (χ2v) is 5.99. The molecule has 0 amide bonds. The second kappa shape index (κ2) is 5.53. The van der Waals surface area contributed by atoms with Gasteiger partial charge in [0.05, 0.1) is 16.9 Å². The molecule has 0 fully saturated rings. The third kappa shape index (κ3) is 2.34. The van der Waals surface area contributed by atoms with E-state index in [9.17, 15) is 0 Å². The van der Waals surface area contributed by atoms with Gasteiger partial charge in [0.2, 0.25) is 0 Å². The Morgan fingerprint density at radius 1 is 1.17 bits per heavy atom. The SMILES string of the molecule is Cc1noc(C)c1-c1cnc2c(N)cn(Cc3ccccc3)c2c1. The van der Waals surface area contributed by atoms with E-state index < -0.39 is 0 Å². The lowest BCUT2D eigenvalue weighted by atomic mass is 10.1. The average Bonchev–Trinajstić information content (AvgIpc) is 3.08. The fourth-order valence-electron chi connectivity index (χ4n) is 3.14. The smallest absolute Gasteiger partial charge is 0.141 e. The molecular weight excluding hydrogens is 300 g/mol. The maximum atomic E-state index is 6.15. The number of nitrogens with two attached hydrogens (primary N) is 1. The summed E-state index contributed by atoms with van der Waals surface area (Å²) in [5.41, 5.74) is 12.7. The lowest BCUT2D eigenvalue weighted by Crippen LogP contribution is -1.98. The zero-order valence-electron chi connectivity index (χ0n) is 13.7. The molecule has 0 spiro atoms. The molecule has 3 heterocycles. The Labute approximate surface area is 139 Å². The van der Waals surface area contributed by atoms with E-state index in [1.807, 2.05) is 44.4 Å². The van der Waals surface area contributed by atoms with Crippen LogP contribution in [0.3, 0.4) is 0 Å². The van der Waals surface area contributed by atoms with Crippen LogP contribution in [0.5, 0.6) is 0 Å². The van der Waals surface area contributed by atoms with E-state index >= 15 is 0 Å². The number of nitrogens with zero attached hydrogens (tertiary/aromatic N) is 3. The van der Waals surface area contributed by atoms with E-state index in [1.165, 1.54) is 5.56 Å². The Morgan fingerprint density at radius 2 is 1.96 bits per heavy atom. The minimum absolute atomic E-state index is 0.686. The molecule has 120 valence electrons. The molecular formula is C19H18N4O. The largest absolute Gasteiger partial charge is 0.396 e. The van der Waals surface area contributed by atoms with E-state index in [2.05, 4.69) is 32.9 Å². The number of nitrogen functional groups attached to an aromatic ring is 1. The minimum Gasteiger partial charge on any atom is -0.396 e. The maximum Gasteiger partial charge on any atom is 0.141 e. The van der Waals surface area contributed by atoms with Gasteiger partial charge in [-0.3, -0.25) is 4.98 Å². The Bertz CT molecular complexity index is 995. The highest BCUT2D eigenvalue weighted by Crippen LogP contribution is 2.31. The van der Waals surface area contributed by atoms with E-state index in [4.69, 9.17) is 10.3 Å². The van der Waals surface area contributed by atoms with Gasteiger partial charge in [-0.15, -0.1) is 0 Å². The van der Waals surface area contributed by atoms with Crippen molar-refractivity contribution in [2.45, 2.75) is 20.4 Å². The van der Waals surface area contributed by atoms with Crippen LogP contribution in [-0.4, -0.2) is 14.7 Å². The van der Waals surface area contributed by atoms with Crippen LogP contribution >= 0.6 is 0 Å². The van der Waals surface area contributed by atoms with Gasteiger partial charge in [0.25, 0.3) is 0 Å². The number of aryl methyl sites for hydroxylation is 2. The van der Waals surface area contributed by atoms with Gasteiger partial charge in [-0.05, 0) is 25.5 Å². The number of pyridine rings is 1. The number of anilines is 1. The number of rotatable bonds is 3. The van der Waals surface area contributed by atoms with Gasteiger partial charge in [0, 0.05) is 30.1 Å². The summed E-state index contributed by atoms with van der Waals surface area (Å²) in [6.07, 6.45) is 3.78. The Balaban J connectivity index is 1.85. The third-order valence-corrected chi connectivity index (χ3v) is 4.26. The van der Waals surface area contributed by atoms with Crippen LogP contribution < -0.4 is 5.73 Å². The molecule has 0 aliphatic carbocycles. The molecule has 4 aromatic rings. The Hall–Kier alpha value is -3.08. The first-order valence-electron chi connectivity index (χ1n) is 7.85. The molecule has 0 aliphatic rings. The minimum atomic E-state index is 0.686. The molecule has 3 aromatic heterocycles. The molecule has 0 bridgehead atoms. The summed E-state index contributed by atoms with van der Waals surface area (Å²) < 4.78 is 7.42. The van der Waals surface area contributed by atoms with Crippen LogP contribution in [0, 0.1) is 13.8 Å². The van der Waals surface area contributed by atoms with Crippen LogP contribution in [0.25, 0.3) is 22.2 Å². The maximum absolute atomic E-state index is 6.15. The van der Waals surface area contributed by atoms with Crippen LogP contribution in [0.1, 0.15) is 17.0 Å². The summed E-state index contributed by atoms with van der Waals surface area (Å²) in [4.78, 5) is 4.57. The van der Waals surface area contributed by atoms with Gasteiger partial charge in [-0.25, -0.2) is 0 Å². The number of hydrogen-bond donors (Lipinski definition) is 1. The quantitative estimate of drug-likeness (QED) is 0.621. The fraction of sp³-hybridized carbons (Fsp3) is 0.158. The average molecular weight is 318 g/mol. The van der Waals surface area contributed by atoms with E-state index in [0.29, 0.717) is 5.69 Å². The van der Waals surface area contributed by atoms with Gasteiger partial charge in [-0.1, -0.05) is 35.5 Å². The van der Waals surface area contributed by atoms with Gasteiger partial charge in [-0.2, -0.15) is 0 Å². The van der Waals surface area contributed by atoms with Crippen molar-refractivity contribution in [2.24, 2.45) is 0 Å². The summed E-state index contributed by atoms with van der Waals surface area (Å²) >= 11 is 0. The molecule has 24 heavy (non-hydrogen) atoms. The van der Waals surface area contributed by atoms with Crippen molar-refractivity contribution in [1.82, 2.24) is 14.7 Å². The van der Waals surface area contributed by atoms with Gasteiger partial charge in [0.1, 0.15) is 11.3 Å². The van der Waals surface area contributed by atoms with Gasteiger partial charge in [0.15, 0.2) is 0 Å². The van der Waals surface area contributed by atoms with Gasteiger partial charge < -0.3 is 14.8 Å². The second-order valence-electron chi connectivity index (χ2n) is 5.99. The zero-order valence-corrected chi connectivity index (χ0v) is 13.7. The molecule has 0 unspecified atom stereocenters. The topological polar surface area (TPSA) is 69.9 Å². The molecule has 4 rings (SSSR count). The first-order valence-corrected chi connectivity index (χ1v) is 7.85. The van der Waals surface area contributed by atoms with Crippen LogP contribution in [-0.2, 0) is 6.54 Å². The number of fused-ring (bicyclic) bond motifs is 1. The predicted molar refractivity (Wildman–Crippen MR) is 94.7 cm³/mol. The Kier molecular flexibility index (Phi) is 3.34. The lowest BCUT2D eigenvalue weighted by molar-refractivity contribution is 0.393. The van der Waals surface area contributed by atoms with Crippen molar-refractivity contribution >= 4 is 16.7 Å². The highest BCUT2D eigenvalue weighted by molar-refractivity contribution is 5.91. The van der Waals surface area contributed by atoms with Crippen molar-refractivity contribution in [1.29, 1.82) is 0 Å². The summed E-state index contributed by atoms with van der Waals surface area (Å²) in [6.45, 7) is 4.60. The third-order valence-electron chi connectivity index (χ3n) is 4.26. The molecule has 5 heteroatoms. The summed E-state index contributed by atoms with van der Waals surface area (Å²) in [5, 5.41) is 4.03. The predicted octanol–water partition coefficient (Wildman–Crippen LogP) is 3.94. The molecule has 0 saturated carbocycles. The first-order chi connectivity index (χ1) is 11.6. The van der Waals surface area contributed by atoms with Crippen molar-refractivity contribution < 1.29 is 4.52 Å². The van der Waals surface area contributed by atoms with Crippen molar-refractivity contribution in [3.8, 4) is 11.1 Å². The lowest BCUT2D eigenvalue weighted by Gasteiger charge is -2.07. The van der Waals surface area contributed by atoms with E-state index in [-0.39, 0.29) is 0 Å². The highest BCUT2D eigenvalue weighted by atomic mass is 16.5. The fourth-order valence-corrected chi connectivity index (χ4v) is 3.14. The van der Waals surface area contributed by atoms with Crippen LogP contribution in [0.15, 0.2) is 53.3 Å². The van der Waals surface area contributed by atoms with Crippen LogP contribution in [0.2, 0.25) is 0 Å². The first kappa shape index (κ1) is 14.5. The van der Waals surface area contributed by atoms with Crippen molar-refractivity contribution in [2.75, 3.05) is 5.73 Å². The number of hydrogen-bond acceptors (Lipinski definition) is 4. The number of aromatic nitrogens is 3. The standard InChI is InChI=1S/C19H18N4O/c1-12-18(13(2)24-22-12)15-8-17-19(21-9-15)16(20)11-23(17)10-14-6-4-3-5-7-14/h3-9,11H,10,20H2,1-2H3. The monoisotopic (exact) mass is 318 g/mol. The molecule has 0 atom stereocenters. The van der Waals surface area contributed by atoms with E-state index in [0.717, 1.165) is 40.2 Å². The molecule has 1 aromatic carbocycles. The highest BCUT2D eigenvalue weighted by Gasteiger charge is 2.15. The van der Waals surface area contributed by atoms with Gasteiger partial charge >= 0.3 is 0 Å². The van der Waals surface area contributed by atoms with Crippen molar-refractivity contribution in [3.63, 3.8) is 0 Å². The zero-order chi connectivity index (χ0) is 16.7.